The lowest BCUT2D eigenvalue weighted by atomic mass is 9.75. The zero-order chi connectivity index (χ0) is 26.5. The van der Waals surface area contributed by atoms with Crippen molar-refractivity contribution in [3.05, 3.63) is 75.2 Å². The second-order valence-corrected chi connectivity index (χ2v) is 10.6. The fraction of sp³-hybridized carbons (Fsp3) is 0.429. The van der Waals surface area contributed by atoms with E-state index >= 15 is 0 Å². The Balaban J connectivity index is 1.49. The van der Waals surface area contributed by atoms with Crippen molar-refractivity contribution in [3.8, 4) is 0 Å². The summed E-state index contributed by atoms with van der Waals surface area (Å²) in [5, 5.41) is 8.70. The van der Waals surface area contributed by atoms with E-state index in [1.807, 2.05) is 0 Å². The van der Waals surface area contributed by atoms with E-state index in [4.69, 9.17) is 16.3 Å². The molecule has 8 nitrogen and oxygen atoms in total. The largest absolute Gasteiger partial charge is 0.446 e. The summed E-state index contributed by atoms with van der Waals surface area (Å²) < 4.78 is 5.84. The molecule has 196 valence electrons. The van der Waals surface area contributed by atoms with Crippen molar-refractivity contribution in [2.45, 2.75) is 59.1 Å². The number of nitrogens with one attached hydrogen (secondary N) is 2. The first kappa shape index (κ1) is 26.7. The fourth-order valence-electron chi connectivity index (χ4n) is 4.99. The SMILES string of the molecule is CC(C)[C@@H]1CC[C@@H](C)C[C@H]1OC(=O)NCc1nn(NC(=O)Cc2ccc(Cl)cc2)c(=O)c2ccccc12. The van der Waals surface area contributed by atoms with Gasteiger partial charge in [-0.3, -0.25) is 9.59 Å². The number of benzene rings is 2. The van der Waals surface area contributed by atoms with Gasteiger partial charge in [0.15, 0.2) is 0 Å². The van der Waals surface area contributed by atoms with E-state index in [9.17, 15) is 14.4 Å². The lowest BCUT2D eigenvalue weighted by molar-refractivity contribution is -0.116. The molecule has 0 radical (unpaired) electrons. The van der Waals surface area contributed by atoms with Crippen LogP contribution < -0.4 is 16.3 Å². The van der Waals surface area contributed by atoms with Gasteiger partial charge in [-0.1, -0.05) is 69.1 Å². The molecule has 1 aromatic heterocycles. The summed E-state index contributed by atoms with van der Waals surface area (Å²) >= 11 is 5.91. The Bertz CT molecular complexity index is 1320. The highest BCUT2D eigenvalue weighted by molar-refractivity contribution is 6.30. The third kappa shape index (κ3) is 6.68. The Morgan fingerprint density at radius 3 is 2.51 bits per heavy atom. The number of amides is 2. The highest BCUT2D eigenvalue weighted by atomic mass is 35.5. The Morgan fingerprint density at radius 2 is 1.81 bits per heavy atom. The molecule has 2 amide bonds. The van der Waals surface area contributed by atoms with Crippen LogP contribution in [0.25, 0.3) is 10.8 Å². The predicted molar refractivity (Wildman–Crippen MR) is 144 cm³/mol. The molecule has 0 aliphatic heterocycles. The number of fused-ring (bicyclic) bond motifs is 1. The standard InChI is InChI=1S/C28H33ClN4O4/c1-17(2)21-13-8-18(3)14-25(21)37-28(36)30-16-24-22-6-4-5-7-23(22)27(35)33(31-24)32-26(34)15-19-9-11-20(29)12-10-19/h4-7,9-12,17-18,21,25H,8,13-16H2,1-3H3,(H,30,36)(H,32,34)/t18-,21+,25-/m1/s1. The summed E-state index contributed by atoms with van der Waals surface area (Å²) in [5.41, 5.74) is 3.29. The van der Waals surface area contributed by atoms with E-state index in [1.165, 1.54) is 0 Å². The van der Waals surface area contributed by atoms with E-state index < -0.39 is 17.6 Å². The van der Waals surface area contributed by atoms with Gasteiger partial charge in [0.05, 0.1) is 24.0 Å². The molecule has 1 heterocycles. The summed E-state index contributed by atoms with van der Waals surface area (Å²) in [7, 11) is 0. The van der Waals surface area contributed by atoms with Crippen molar-refractivity contribution < 1.29 is 14.3 Å². The molecule has 3 aromatic rings. The fourth-order valence-corrected chi connectivity index (χ4v) is 5.12. The molecule has 1 fully saturated rings. The minimum absolute atomic E-state index is 0.0430. The third-order valence-corrected chi connectivity index (χ3v) is 7.26. The normalized spacial score (nSPS) is 19.5. The first-order valence-corrected chi connectivity index (χ1v) is 13.1. The average molecular weight is 525 g/mol. The van der Waals surface area contributed by atoms with Crippen LogP contribution in [0, 0.1) is 17.8 Å². The third-order valence-electron chi connectivity index (χ3n) is 7.01. The van der Waals surface area contributed by atoms with E-state index in [1.54, 1.807) is 48.5 Å². The molecule has 37 heavy (non-hydrogen) atoms. The number of nitrogens with zero attached hydrogens (tertiary/aromatic N) is 2. The number of ether oxygens (including phenoxy) is 1. The Hall–Kier alpha value is -3.39. The first-order valence-electron chi connectivity index (χ1n) is 12.7. The molecular weight excluding hydrogens is 492 g/mol. The summed E-state index contributed by atoms with van der Waals surface area (Å²) in [6.07, 6.45) is 2.45. The van der Waals surface area contributed by atoms with Crippen LogP contribution >= 0.6 is 11.6 Å². The van der Waals surface area contributed by atoms with E-state index in [0.29, 0.717) is 39.2 Å². The number of alkyl carbamates (subject to hydrolysis) is 1. The van der Waals surface area contributed by atoms with Gasteiger partial charge in [0.1, 0.15) is 6.10 Å². The monoisotopic (exact) mass is 524 g/mol. The minimum atomic E-state index is -0.514. The predicted octanol–water partition coefficient (Wildman–Crippen LogP) is 5.05. The Kier molecular flexibility index (Phi) is 8.48. The summed E-state index contributed by atoms with van der Waals surface area (Å²) in [4.78, 5) is 39.3. The number of hydrogen-bond donors (Lipinski definition) is 2. The molecule has 2 N–H and O–H groups in total. The molecule has 1 saturated carbocycles. The maximum Gasteiger partial charge on any atom is 0.407 e. The van der Waals surface area contributed by atoms with Crippen LogP contribution in [0.2, 0.25) is 5.02 Å². The van der Waals surface area contributed by atoms with Crippen LogP contribution in [0.1, 0.15) is 51.3 Å². The average Bonchev–Trinajstić information content (AvgIpc) is 2.86. The van der Waals surface area contributed by atoms with Gasteiger partial charge in [-0.05, 0) is 54.4 Å². The summed E-state index contributed by atoms with van der Waals surface area (Å²) in [5.74, 6) is 0.865. The molecule has 1 aliphatic rings. The van der Waals surface area contributed by atoms with Crippen LogP contribution in [-0.2, 0) is 22.5 Å². The van der Waals surface area contributed by atoms with Crippen LogP contribution in [-0.4, -0.2) is 28.0 Å². The Morgan fingerprint density at radius 1 is 1.11 bits per heavy atom. The molecule has 0 spiro atoms. The van der Waals surface area contributed by atoms with Gasteiger partial charge in [0.25, 0.3) is 5.56 Å². The summed E-state index contributed by atoms with van der Waals surface area (Å²) in [6.45, 7) is 6.55. The number of carbonyl (C=O) groups is 2. The van der Waals surface area contributed by atoms with E-state index in [-0.39, 0.29) is 19.1 Å². The van der Waals surface area contributed by atoms with E-state index in [0.717, 1.165) is 29.6 Å². The van der Waals surface area contributed by atoms with Crippen molar-refractivity contribution >= 4 is 34.4 Å². The van der Waals surface area contributed by atoms with Crippen LogP contribution in [0.5, 0.6) is 0 Å². The topological polar surface area (TPSA) is 102 Å². The van der Waals surface area contributed by atoms with Gasteiger partial charge in [0.2, 0.25) is 5.91 Å². The van der Waals surface area contributed by atoms with Crippen molar-refractivity contribution in [1.82, 2.24) is 15.2 Å². The van der Waals surface area contributed by atoms with Crippen LogP contribution in [0.3, 0.4) is 0 Å². The van der Waals surface area contributed by atoms with Gasteiger partial charge in [-0.25, -0.2) is 10.2 Å². The molecule has 4 rings (SSSR count). The van der Waals surface area contributed by atoms with Gasteiger partial charge in [0, 0.05) is 10.4 Å². The minimum Gasteiger partial charge on any atom is -0.446 e. The molecular formula is C28H33ClN4O4. The number of aromatic nitrogens is 2. The maximum atomic E-state index is 13.0. The number of halogens is 1. The molecule has 0 unspecified atom stereocenters. The van der Waals surface area contributed by atoms with Gasteiger partial charge >= 0.3 is 6.09 Å². The molecule has 9 heteroatoms. The van der Waals surface area contributed by atoms with E-state index in [2.05, 4.69) is 36.6 Å². The van der Waals surface area contributed by atoms with Crippen molar-refractivity contribution in [3.63, 3.8) is 0 Å². The quantitative estimate of drug-likeness (QED) is 0.450. The second kappa shape index (κ2) is 11.8. The first-order chi connectivity index (χ1) is 17.7. The zero-order valence-corrected chi connectivity index (χ0v) is 22.1. The summed E-state index contributed by atoms with van der Waals surface area (Å²) in [6, 6.07) is 13.9. The second-order valence-electron chi connectivity index (χ2n) is 10.2. The number of rotatable bonds is 7. The number of hydrogen-bond acceptors (Lipinski definition) is 5. The van der Waals surface area contributed by atoms with Gasteiger partial charge in [-0.2, -0.15) is 5.10 Å². The zero-order valence-electron chi connectivity index (χ0n) is 21.4. The molecule has 3 atom stereocenters. The van der Waals surface area contributed by atoms with Crippen molar-refractivity contribution in [2.24, 2.45) is 17.8 Å². The smallest absolute Gasteiger partial charge is 0.407 e. The lowest BCUT2D eigenvalue weighted by Crippen LogP contribution is -2.39. The van der Waals surface area contributed by atoms with Gasteiger partial charge in [-0.15, -0.1) is 4.79 Å². The molecule has 1 aliphatic carbocycles. The number of carbonyl (C=O) groups excluding carboxylic acids is 2. The van der Waals surface area contributed by atoms with Crippen LogP contribution in [0.4, 0.5) is 4.79 Å². The Labute approximate surface area is 221 Å². The lowest BCUT2D eigenvalue weighted by Gasteiger charge is -2.36. The maximum absolute atomic E-state index is 13.0. The van der Waals surface area contributed by atoms with Crippen LogP contribution in [0.15, 0.2) is 53.3 Å². The van der Waals surface area contributed by atoms with Crippen molar-refractivity contribution in [2.75, 3.05) is 5.43 Å². The van der Waals surface area contributed by atoms with Gasteiger partial charge < -0.3 is 10.1 Å². The molecule has 0 bridgehead atoms. The molecule has 0 saturated heterocycles. The molecule has 2 aromatic carbocycles. The van der Waals surface area contributed by atoms with Crippen molar-refractivity contribution in [1.29, 1.82) is 0 Å². The highest BCUT2D eigenvalue weighted by Gasteiger charge is 2.33. The highest BCUT2D eigenvalue weighted by Crippen LogP contribution is 2.35.